The number of nitrogens with one attached hydrogen (secondary N) is 1. The summed E-state index contributed by atoms with van der Waals surface area (Å²) in [5.74, 6) is 0. The smallest absolute Gasteiger partial charge is 0.317 e. The highest BCUT2D eigenvalue weighted by atomic mass is 16.5. The van der Waals surface area contributed by atoms with Gasteiger partial charge >= 0.3 is 6.03 Å². The minimum atomic E-state index is 0.00923. The van der Waals surface area contributed by atoms with Crippen LogP contribution in [0.15, 0.2) is 36.5 Å². The van der Waals surface area contributed by atoms with Gasteiger partial charge in [0.2, 0.25) is 0 Å². The first-order chi connectivity index (χ1) is 14.3. The normalized spacial score (nSPS) is 19.1. The molecule has 0 spiro atoms. The lowest BCUT2D eigenvalue weighted by molar-refractivity contribution is 0.140. The van der Waals surface area contributed by atoms with Gasteiger partial charge in [0, 0.05) is 45.9 Å². The molecule has 2 amide bonds. The van der Waals surface area contributed by atoms with Gasteiger partial charge in [0.25, 0.3) is 0 Å². The van der Waals surface area contributed by atoms with Crippen LogP contribution in [0.2, 0.25) is 0 Å². The topological polar surface area (TPSA) is 75.5 Å². The van der Waals surface area contributed by atoms with Crippen molar-refractivity contribution in [2.45, 2.75) is 38.4 Å². The molecule has 0 radical (unpaired) electrons. The second-order valence-electron chi connectivity index (χ2n) is 7.79. The molecule has 8 heteroatoms. The summed E-state index contributed by atoms with van der Waals surface area (Å²) in [5.41, 5.74) is 2.12. The largest absolute Gasteiger partial charge is 0.380 e. The lowest BCUT2D eigenvalue weighted by Crippen LogP contribution is -2.44. The first-order valence-electron chi connectivity index (χ1n) is 10.6. The van der Waals surface area contributed by atoms with E-state index in [0.29, 0.717) is 12.6 Å². The van der Waals surface area contributed by atoms with E-state index < -0.39 is 0 Å². The number of ether oxygens (including phenoxy) is 1. The molecule has 4 rings (SSSR count). The summed E-state index contributed by atoms with van der Waals surface area (Å²) < 4.78 is 7.50. The van der Waals surface area contributed by atoms with Crippen LogP contribution in [0.4, 0.5) is 4.79 Å². The summed E-state index contributed by atoms with van der Waals surface area (Å²) in [6, 6.07) is 10.3. The van der Waals surface area contributed by atoms with Gasteiger partial charge in [-0.15, -0.1) is 5.10 Å². The molecule has 2 fully saturated rings. The summed E-state index contributed by atoms with van der Waals surface area (Å²) in [7, 11) is 0. The van der Waals surface area contributed by atoms with E-state index in [0.717, 1.165) is 76.5 Å². The van der Waals surface area contributed by atoms with E-state index >= 15 is 0 Å². The van der Waals surface area contributed by atoms with Crippen LogP contribution in [0.3, 0.4) is 0 Å². The van der Waals surface area contributed by atoms with E-state index in [9.17, 15) is 4.79 Å². The minimum absolute atomic E-state index is 0.00923. The Morgan fingerprint density at radius 1 is 1.10 bits per heavy atom. The van der Waals surface area contributed by atoms with Crippen molar-refractivity contribution in [2.75, 3.05) is 39.4 Å². The van der Waals surface area contributed by atoms with Gasteiger partial charge in [-0.05, 0) is 24.8 Å². The Kier molecular flexibility index (Phi) is 6.74. The van der Waals surface area contributed by atoms with Crippen LogP contribution >= 0.6 is 0 Å². The van der Waals surface area contributed by atoms with Crippen molar-refractivity contribution in [3.8, 4) is 0 Å². The molecule has 0 bridgehead atoms. The molecule has 1 aromatic heterocycles. The van der Waals surface area contributed by atoms with Crippen LogP contribution in [0.1, 0.15) is 36.6 Å². The lowest BCUT2D eigenvalue weighted by Gasteiger charge is -2.31. The number of nitrogens with zero attached hydrogens (tertiary/aromatic N) is 5. The number of carbonyl (C=O) groups excluding carboxylic acids is 1. The number of rotatable bonds is 5. The van der Waals surface area contributed by atoms with Crippen LogP contribution in [0.25, 0.3) is 0 Å². The number of likely N-dealkylation sites (tertiary alicyclic amines) is 1. The average Bonchev–Trinajstić information content (AvgIpc) is 3.08. The molecule has 1 N–H and O–H groups in total. The first kappa shape index (κ1) is 19.8. The highest BCUT2D eigenvalue weighted by Crippen LogP contribution is 2.22. The van der Waals surface area contributed by atoms with Gasteiger partial charge in [0.05, 0.1) is 24.5 Å². The number of amides is 2. The van der Waals surface area contributed by atoms with Crippen LogP contribution in [-0.2, 0) is 17.8 Å². The molecular formula is C21H30N6O2. The average molecular weight is 399 g/mol. The molecule has 2 aromatic rings. The number of carbonyl (C=O) groups is 1. The SMILES string of the molecule is O=C(NCc1ccccc1)N1CCC(n2cc(CN3CCCOCC3)nn2)CC1. The maximum absolute atomic E-state index is 12.4. The van der Waals surface area contributed by atoms with Crippen LogP contribution in [-0.4, -0.2) is 70.2 Å². The van der Waals surface area contributed by atoms with Crippen molar-refractivity contribution >= 4 is 6.03 Å². The first-order valence-corrected chi connectivity index (χ1v) is 10.6. The summed E-state index contributed by atoms with van der Waals surface area (Å²) in [4.78, 5) is 16.7. The lowest BCUT2D eigenvalue weighted by atomic mass is 10.1. The zero-order chi connectivity index (χ0) is 19.9. The van der Waals surface area contributed by atoms with Crippen molar-refractivity contribution in [2.24, 2.45) is 0 Å². The molecule has 2 aliphatic rings. The second kappa shape index (κ2) is 9.84. The van der Waals surface area contributed by atoms with Crippen molar-refractivity contribution in [3.05, 3.63) is 47.8 Å². The number of hydrogen-bond donors (Lipinski definition) is 1. The summed E-state index contributed by atoms with van der Waals surface area (Å²) >= 11 is 0. The molecule has 2 saturated heterocycles. The third-order valence-electron chi connectivity index (χ3n) is 5.67. The van der Waals surface area contributed by atoms with Crippen LogP contribution in [0.5, 0.6) is 0 Å². The number of piperidine rings is 1. The zero-order valence-electron chi connectivity index (χ0n) is 16.9. The monoisotopic (exact) mass is 398 g/mol. The van der Waals surface area contributed by atoms with Gasteiger partial charge in [-0.3, -0.25) is 4.90 Å². The predicted octanol–water partition coefficient (Wildman–Crippen LogP) is 2.05. The van der Waals surface area contributed by atoms with E-state index in [4.69, 9.17) is 4.74 Å². The number of benzene rings is 1. The van der Waals surface area contributed by atoms with Gasteiger partial charge in [-0.1, -0.05) is 35.5 Å². The van der Waals surface area contributed by atoms with Gasteiger partial charge in [0.1, 0.15) is 0 Å². The van der Waals surface area contributed by atoms with E-state index in [1.54, 1.807) is 0 Å². The fourth-order valence-electron chi connectivity index (χ4n) is 3.97. The Morgan fingerprint density at radius 2 is 1.93 bits per heavy atom. The van der Waals surface area contributed by atoms with E-state index in [1.165, 1.54) is 0 Å². The number of urea groups is 1. The van der Waals surface area contributed by atoms with Gasteiger partial charge in [0.15, 0.2) is 0 Å². The van der Waals surface area contributed by atoms with Crippen LogP contribution < -0.4 is 5.32 Å². The molecule has 0 unspecified atom stereocenters. The molecule has 0 saturated carbocycles. The maximum atomic E-state index is 12.4. The molecule has 0 atom stereocenters. The Hall–Kier alpha value is -2.45. The Morgan fingerprint density at radius 3 is 2.76 bits per heavy atom. The van der Waals surface area contributed by atoms with Crippen molar-refractivity contribution in [3.63, 3.8) is 0 Å². The Bertz CT molecular complexity index is 764. The summed E-state index contributed by atoms with van der Waals surface area (Å²) in [6.07, 6.45) is 4.94. The second-order valence-corrected chi connectivity index (χ2v) is 7.79. The summed E-state index contributed by atoms with van der Waals surface area (Å²) in [5, 5.41) is 11.7. The fourth-order valence-corrected chi connectivity index (χ4v) is 3.97. The van der Waals surface area contributed by atoms with E-state index in [2.05, 4.69) is 26.7 Å². The standard InChI is InChI=1S/C21H30N6O2/c28-21(22-15-18-5-2-1-3-6-18)26-10-7-20(8-11-26)27-17-19(23-24-27)16-25-9-4-13-29-14-12-25/h1-3,5-6,17,20H,4,7-16H2,(H,22,28). The third-order valence-corrected chi connectivity index (χ3v) is 5.67. The van der Waals surface area contributed by atoms with Crippen molar-refractivity contribution in [1.82, 2.24) is 30.1 Å². The molecule has 29 heavy (non-hydrogen) atoms. The number of hydrogen-bond acceptors (Lipinski definition) is 5. The quantitative estimate of drug-likeness (QED) is 0.834. The molecular weight excluding hydrogens is 368 g/mol. The maximum Gasteiger partial charge on any atom is 0.317 e. The van der Waals surface area contributed by atoms with Crippen molar-refractivity contribution < 1.29 is 9.53 Å². The van der Waals surface area contributed by atoms with Crippen molar-refractivity contribution in [1.29, 1.82) is 0 Å². The van der Waals surface area contributed by atoms with Crippen LogP contribution in [0, 0.1) is 0 Å². The summed E-state index contributed by atoms with van der Waals surface area (Å²) in [6.45, 7) is 6.50. The zero-order valence-corrected chi connectivity index (χ0v) is 16.9. The highest BCUT2D eigenvalue weighted by Gasteiger charge is 2.25. The molecule has 3 heterocycles. The predicted molar refractivity (Wildman–Crippen MR) is 109 cm³/mol. The van der Waals surface area contributed by atoms with E-state index in [-0.39, 0.29) is 6.03 Å². The van der Waals surface area contributed by atoms with Gasteiger partial charge in [-0.2, -0.15) is 0 Å². The third kappa shape index (κ3) is 5.55. The number of aromatic nitrogens is 3. The molecule has 156 valence electrons. The fraction of sp³-hybridized carbons (Fsp3) is 0.571. The molecule has 2 aliphatic heterocycles. The van der Waals surface area contributed by atoms with Gasteiger partial charge in [-0.25, -0.2) is 9.48 Å². The minimum Gasteiger partial charge on any atom is -0.380 e. The van der Waals surface area contributed by atoms with E-state index in [1.807, 2.05) is 39.9 Å². The molecule has 0 aliphatic carbocycles. The Balaban J connectivity index is 1.23. The highest BCUT2D eigenvalue weighted by molar-refractivity contribution is 5.74. The van der Waals surface area contributed by atoms with Gasteiger partial charge < -0.3 is 15.0 Å². The molecule has 8 nitrogen and oxygen atoms in total. The molecule has 1 aromatic carbocycles. The Labute approximate surface area is 171 Å².